The van der Waals surface area contributed by atoms with Gasteiger partial charge in [0, 0.05) is 37.8 Å². The first kappa shape index (κ1) is 13.8. The summed E-state index contributed by atoms with van der Waals surface area (Å²) in [6.07, 6.45) is 9.77. The van der Waals surface area contributed by atoms with Crippen molar-refractivity contribution in [2.24, 2.45) is 5.92 Å². The lowest BCUT2D eigenvalue weighted by Gasteiger charge is -2.47. The molecule has 0 aromatic rings. The zero-order valence-electron chi connectivity index (χ0n) is 12.4. The van der Waals surface area contributed by atoms with Crippen LogP contribution in [0.15, 0.2) is 0 Å². The van der Waals surface area contributed by atoms with Gasteiger partial charge in [-0.2, -0.15) is 0 Å². The first-order valence-corrected chi connectivity index (χ1v) is 8.45. The first-order valence-electron chi connectivity index (χ1n) is 8.45. The Morgan fingerprint density at radius 1 is 1.16 bits per heavy atom. The summed E-state index contributed by atoms with van der Waals surface area (Å²) in [5.74, 6) is 0.930. The lowest BCUT2D eigenvalue weighted by Crippen LogP contribution is -2.61. The van der Waals surface area contributed by atoms with Crippen molar-refractivity contribution in [2.75, 3.05) is 26.3 Å². The van der Waals surface area contributed by atoms with Crippen LogP contribution in [-0.4, -0.2) is 49.3 Å². The molecule has 0 radical (unpaired) electrons. The molecule has 3 heteroatoms. The number of rotatable bonds is 3. The molecule has 3 unspecified atom stereocenters. The molecule has 110 valence electrons. The molecule has 3 atom stereocenters. The highest BCUT2D eigenvalue weighted by molar-refractivity contribution is 4.94. The highest BCUT2D eigenvalue weighted by atomic mass is 16.5. The second kappa shape index (κ2) is 6.55. The van der Waals surface area contributed by atoms with Gasteiger partial charge >= 0.3 is 0 Å². The standard InChI is InChI=1S/C16H30N2O/c1-2-14-11-18(15-8-9-19-12-15)16(10-17-14)13-6-4-3-5-7-13/h13-17H,2-12H2,1H3. The van der Waals surface area contributed by atoms with Gasteiger partial charge < -0.3 is 10.1 Å². The van der Waals surface area contributed by atoms with E-state index in [1.807, 2.05) is 0 Å². The SMILES string of the molecule is CCC1CN(C2CCOC2)C(C2CCCCC2)CN1. The van der Waals surface area contributed by atoms with E-state index in [1.165, 1.54) is 58.0 Å². The predicted molar refractivity (Wildman–Crippen MR) is 78.4 cm³/mol. The second-order valence-corrected chi connectivity index (χ2v) is 6.69. The Hall–Kier alpha value is -0.120. The van der Waals surface area contributed by atoms with Gasteiger partial charge in [0.05, 0.1) is 6.61 Å². The fourth-order valence-corrected chi connectivity index (χ4v) is 4.29. The number of nitrogens with zero attached hydrogens (tertiary/aromatic N) is 1. The van der Waals surface area contributed by atoms with Gasteiger partial charge in [0.1, 0.15) is 0 Å². The zero-order valence-corrected chi connectivity index (χ0v) is 12.4. The van der Waals surface area contributed by atoms with E-state index in [-0.39, 0.29) is 0 Å². The van der Waals surface area contributed by atoms with Gasteiger partial charge in [0.25, 0.3) is 0 Å². The Balaban J connectivity index is 1.68. The number of nitrogens with one attached hydrogen (secondary N) is 1. The molecule has 1 aliphatic carbocycles. The van der Waals surface area contributed by atoms with Gasteiger partial charge in [0.2, 0.25) is 0 Å². The molecule has 1 saturated carbocycles. The zero-order chi connectivity index (χ0) is 13.1. The minimum atomic E-state index is 0.695. The molecule has 0 aromatic heterocycles. The third-order valence-electron chi connectivity index (χ3n) is 5.53. The van der Waals surface area contributed by atoms with Crippen molar-refractivity contribution in [3.63, 3.8) is 0 Å². The minimum Gasteiger partial charge on any atom is -0.380 e. The number of piperazine rings is 1. The number of ether oxygens (including phenoxy) is 1. The van der Waals surface area contributed by atoms with Crippen molar-refractivity contribution < 1.29 is 4.74 Å². The summed E-state index contributed by atoms with van der Waals surface area (Å²) in [4.78, 5) is 2.83. The fourth-order valence-electron chi connectivity index (χ4n) is 4.29. The van der Waals surface area contributed by atoms with E-state index in [1.54, 1.807) is 0 Å². The molecule has 3 fully saturated rings. The van der Waals surface area contributed by atoms with E-state index in [2.05, 4.69) is 17.1 Å². The van der Waals surface area contributed by atoms with Gasteiger partial charge in [-0.15, -0.1) is 0 Å². The summed E-state index contributed by atoms with van der Waals surface area (Å²) < 4.78 is 5.65. The molecular formula is C16H30N2O. The number of hydrogen-bond donors (Lipinski definition) is 1. The first-order chi connectivity index (χ1) is 9.38. The molecule has 2 saturated heterocycles. The molecule has 2 heterocycles. The Labute approximate surface area is 118 Å². The summed E-state index contributed by atoms with van der Waals surface area (Å²) in [5.41, 5.74) is 0. The quantitative estimate of drug-likeness (QED) is 0.849. The summed E-state index contributed by atoms with van der Waals surface area (Å²) in [6, 6.07) is 2.17. The summed E-state index contributed by atoms with van der Waals surface area (Å²) in [7, 11) is 0. The Kier molecular flexibility index (Phi) is 4.78. The van der Waals surface area contributed by atoms with Gasteiger partial charge in [-0.3, -0.25) is 4.90 Å². The Bertz CT molecular complexity index is 272. The van der Waals surface area contributed by atoms with Crippen molar-refractivity contribution in [1.29, 1.82) is 0 Å². The van der Waals surface area contributed by atoms with Crippen LogP contribution in [-0.2, 0) is 4.74 Å². The van der Waals surface area contributed by atoms with Gasteiger partial charge in [-0.25, -0.2) is 0 Å². The van der Waals surface area contributed by atoms with E-state index in [0.717, 1.165) is 25.2 Å². The van der Waals surface area contributed by atoms with E-state index >= 15 is 0 Å². The molecular weight excluding hydrogens is 236 g/mol. The van der Waals surface area contributed by atoms with Crippen molar-refractivity contribution in [3.05, 3.63) is 0 Å². The van der Waals surface area contributed by atoms with E-state index in [9.17, 15) is 0 Å². The normalized spacial score (nSPS) is 38.7. The molecule has 0 spiro atoms. The maximum absolute atomic E-state index is 5.65. The topological polar surface area (TPSA) is 24.5 Å². The van der Waals surface area contributed by atoms with Gasteiger partial charge in [-0.05, 0) is 31.6 Å². The van der Waals surface area contributed by atoms with Crippen LogP contribution >= 0.6 is 0 Å². The van der Waals surface area contributed by atoms with Crippen LogP contribution in [0.4, 0.5) is 0 Å². The molecule has 0 bridgehead atoms. The largest absolute Gasteiger partial charge is 0.380 e. The van der Waals surface area contributed by atoms with Crippen molar-refractivity contribution >= 4 is 0 Å². The van der Waals surface area contributed by atoms with Crippen molar-refractivity contribution in [2.45, 2.75) is 70.0 Å². The molecule has 3 nitrogen and oxygen atoms in total. The summed E-state index contributed by atoms with van der Waals surface area (Å²) in [5, 5.41) is 3.79. The third-order valence-corrected chi connectivity index (χ3v) is 5.53. The Morgan fingerprint density at radius 3 is 2.68 bits per heavy atom. The van der Waals surface area contributed by atoms with Crippen LogP contribution in [0.5, 0.6) is 0 Å². The maximum atomic E-state index is 5.65. The summed E-state index contributed by atoms with van der Waals surface area (Å²) >= 11 is 0. The monoisotopic (exact) mass is 266 g/mol. The lowest BCUT2D eigenvalue weighted by atomic mass is 9.81. The van der Waals surface area contributed by atoms with Gasteiger partial charge in [0.15, 0.2) is 0 Å². The van der Waals surface area contributed by atoms with Crippen molar-refractivity contribution in [3.8, 4) is 0 Å². The molecule has 3 rings (SSSR count). The highest BCUT2D eigenvalue weighted by Gasteiger charge is 2.38. The van der Waals surface area contributed by atoms with Crippen LogP contribution in [0.25, 0.3) is 0 Å². The van der Waals surface area contributed by atoms with Crippen LogP contribution < -0.4 is 5.32 Å². The van der Waals surface area contributed by atoms with E-state index in [0.29, 0.717) is 12.1 Å². The Morgan fingerprint density at radius 2 is 2.00 bits per heavy atom. The number of hydrogen-bond acceptors (Lipinski definition) is 3. The van der Waals surface area contributed by atoms with Crippen molar-refractivity contribution in [1.82, 2.24) is 10.2 Å². The third kappa shape index (κ3) is 3.14. The average molecular weight is 266 g/mol. The van der Waals surface area contributed by atoms with Crippen LogP contribution in [0, 0.1) is 5.92 Å². The van der Waals surface area contributed by atoms with E-state index in [4.69, 9.17) is 4.74 Å². The predicted octanol–water partition coefficient (Wildman–Crippen LogP) is 2.41. The molecule has 0 amide bonds. The average Bonchev–Trinajstić information content (AvgIpc) is 3.01. The van der Waals surface area contributed by atoms with Gasteiger partial charge in [-0.1, -0.05) is 26.2 Å². The van der Waals surface area contributed by atoms with Crippen LogP contribution in [0.2, 0.25) is 0 Å². The maximum Gasteiger partial charge on any atom is 0.0622 e. The highest BCUT2D eigenvalue weighted by Crippen LogP contribution is 2.32. The molecule has 3 aliphatic rings. The molecule has 0 aromatic carbocycles. The fraction of sp³-hybridized carbons (Fsp3) is 1.00. The van der Waals surface area contributed by atoms with Crippen LogP contribution in [0.1, 0.15) is 51.9 Å². The lowest BCUT2D eigenvalue weighted by molar-refractivity contribution is 0.0294. The molecule has 2 aliphatic heterocycles. The summed E-state index contributed by atoms with van der Waals surface area (Å²) in [6.45, 7) is 6.70. The smallest absolute Gasteiger partial charge is 0.0622 e. The molecule has 1 N–H and O–H groups in total. The molecule has 19 heavy (non-hydrogen) atoms. The second-order valence-electron chi connectivity index (χ2n) is 6.69. The van der Waals surface area contributed by atoms with Crippen LogP contribution in [0.3, 0.4) is 0 Å². The minimum absolute atomic E-state index is 0.695. The van der Waals surface area contributed by atoms with E-state index < -0.39 is 0 Å².